The van der Waals surface area contributed by atoms with Gasteiger partial charge in [-0.1, -0.05) is 30.3 Å². The van der Waals surface area contributed by atoms with Gasteiger partial charge in [0.15, 0.2) is 0 Å². The number of nitrogens with one attached hydrogen (secondary N) is 1. The van der Waals surface area contributed by atoms with Gasteiger partial charge in [-0.25, -0.2) is 9.22 Å². The van der Waals surface area contributed by atoms with E-state index >= 15 is 0 Å². The summed E-state index contributed by atoms with van der Waals surface area (Å²) in [6, 6.07) is 21.9. The molecule has 0 aromatic heterocycles. The first-order valence-electron chi connectivity index (χ1n) is 9.10. The normalized spacial score (nSPS) is 11.5. The molecule has 0 amide bonds. The predicted octanol–water partition coefficient (Wildman–Crippen LogP) is 4.15. The van der Waals surface area contributed by atoms with Crippen molar-refractivity contribution in [1.29, 1.82) is 0 Å². The fourth-order valence-electron chi connectivity index (χ4n) is 2.60. The topological polar surface area (TPSA) is 67.8 Å². The number of nitrogens with zero attached hydrogens (tertiary/aromatic N) is 1. The van der Waals surface area contributed by atoms with E-state index in [0.717, 1.165) is 30.7 Å². The zero-order valence-electron chi connectivity index (χ0n) is 15.7. The minimum absolute atomic E-state index is 0.0599. The van der Waals surface area contributed by atoms with Gasteiger partial charge in [-0.3, -0.25) is 0 Å². The summed E-state index contributed by atoms with van der Waals surface area (Å²) in [5.74, 6) is 0.233. The summed E-state index contributed by atoms with van der Waals surface area (Å²) in [7, 11) is -3.83. The molecule has 0 heterocycles. The highest BCUT2D eigenvalue weighted by atomic mass is 32.2. The maximum Gasteiger partial charge on any atom is 0.276 e. The lowest BCUT2D eigenvalue weighted by Gasteiger charge is -2.06. The van der Waals surface area contributed by atoms with Gasteiger partial charge in [0.25, 0.3) is 10.0 Å². The third-order valence-corrected chi connectivity index (χ3v) is 5.35. The molecule has 7 heteroatoms. The number of hydrazone groups is 1. The van der Waals surface area contributed by atoms with Crippen molar-refractivity contribution < 1.29 is 17.5 Å². The Bertz CT molecular complexity index is 1040. The second-order valence-electron chi connectivity index (χ2n) is 6.31. The zero-order chi connectivity index (χ0) is 20.5. The molecular weight excluding hydrogens is 391 g/mol. The van der Waals surface area contributed by atoms with Crippen LogP contribution in [0.3, 0.4) is 0 Å². The van der Waals surface area contributed by atoms with Gasteiger partial charge in [0.2, 0.25) is 0 Å². The van der Waals surface area contributed by atoms with Crippen LogP contribution in [0.25, 0.3) is 0 Å². The molecule has 150 valence electrons. The molecule has 0 saturated heterocycles. The molecular formula is C22H21FN2O3S. The van der Waals surface area contributed by atoms with Gasteiger partial charge in [-0.15, -0.1) is 0 Å². The highest BCUT2D eigenvalue weighted by molar-refractivity contribution is 7.89. The first-order valence-corrected chi connectivity index (χ1v) is 10.6. The number of hydrogen-bond donors (Lipinski definition) is 1. The predicted molar refractivity (Wildman–Crippen MR) is 111 cm³/mol. The van der Waals surface area contributed by atoms with Crippen molar-refractivity contribution in [3.8, 4) is 5.75 Å². The largest absolute Gasteiger partial charge is 0.494 e. The van der Waals surface area contributed by atoms with E-state index in [9.17, 15) is 12.8 Å². The molecule has 0 aliphatic rings. The smallest absolute Gasteiger partial charge is 0.276 e. The number of ether oxygens (including phenoxy) is 1. The fourth-order valence-corrected chi connectivity index (χ4v) is 3.39. The molecule has 0 saturated carbocycles. The summed E-state index contributed by atoms with van der Waals surface area (Å²) >= 11 is 0. The third kappa shape index (κ3) is 6.43. The molecule has 5 nitrogen and oxygen atoms in total. The number of hydrogen-bond acceptors (Lipinski definition) is 4. The van der Waals surface area contributed by atoms with Crippen LogP contribution in [0.4, 0.5) is 4.39 Å². The van der Waals surface area contributed by atoms with Gasteiger partial charge in [0, 0.05) is 0 Å². The zero-order valence-corrected chi connectivity index (χ0v) is 16.5. The molecule has 3 aromatic carbocycles. The molecule has 0 radical (unpaired) electrons. The van der Waals surface area contributed by atoms with E-state index in [0.29, 0.717) is 12.2 Å². The quantitative estimate of drug-likeness (QED) is 0.326. The Labute approximate surface area is 169 Å². The van der Waals surface area contributed by atoms with Crippen molar-refractivity contribution >= 4 is 16.2 Å². The van der Waals surface area contributed by atoms with Gasteiger partial charge >= 0.3 is 0 Å². The van der Waals surface area contributed by atoms with Crippen molar-refractivity contribution in [3.63, 3.8) is 0 Å². The average molecular weight is 412 g/mol. The second kappa shape index (κ2) is 9.84. The molecule has 29 heavy (non-hydrogen) atoms. The van der Waals surface area contributed by atoms with Crippen LogP contribution in [0.2, 0.25) is 0 Å². The number of aryl methyl sites for hydroxylation is 1. The summed E-state index contributed by atoms with van der Waals surface area (Å²) in [5, 5.41) is 3.75. The first kappa shape index (κ1) is 20.5. The third-order valence-electron chi connectivity index (χ3n) is 4.11. The lowest BCUT2D eigenvalue weighted by molar-refractivity contribution is 0.311. The van der Waals surface area contributed by atoms with Gasteiger partial charge < -0.3 is 4.74 Å². The Morgan fingerprint density at radius 1 is 0.931 bits per heavy atom. The van der Waals surface area contributed by atoms with Crippen LogP contribution < -0.4 is 9.57 Å². The lowest BCUT2D eigenvalue weighted by Crippen LogP contribution is -2.18. The molecule has 3 aromatic rings. The maximum atomic E-state index is 12.9. The molecule has 0 atom stereocenters. The van der Waals surface area contributed by atoms with E-state index in [4.69, 9.17) is 4.74 Å². The highest BCUT2D eigenvalue weighted by Gasteiger charge is 2.12. The van der Waals surface area contributed by atoms with Crippen LogP contribution in [0, 0.1) is 5.82 Å². The number of rotatable bonds is 9. The van der Waals surface area contributed by atoms with E-state index in [1.165, 1.54) is 23.9 Å². The van der Waals surface area contributed by atoms with Crippen molar-refractivity contribution in [2.75, 3.05) is 6.61 Å². The number of halogens is 1. The molecule has 0 bridgehead atoms. The molecule has 3 rings (SSSR count). The van der Waals surface area contributed by atoms with E-state index in [1.54, 1.807) is 24.3 Å². The SMILES string of the molecule is O=S(=O)(N/N=C/c1ccc(OCCCc2ccccc2)cc1)c1ccc(F)cc1. The average Bonchev–Trinajstić information content (AvgIpc) is 2.73. The van der Waals surface area contributed by atoms with Crippen molar-refractivity contribution in [2.45, 2.75) is 17.7 Å². The Balaban J connectivity index is 1.46. The summed E-state index contributed by atoms with van der Waals surface area (Å²) in [6.07, 6.45) is 3.26. The summed E-state index contributed by atoms with van der Waals surface area (Å²) in [5.41, 5.74) is 1.99. The summed E-state index contributed by atoms with van der Waals surface area (Å²) in [4.78, 5) is 2.04. The Morgan fingerprint density at radius 3 is 2.31 bits per heavy atom. The number of sulfonamides is 1. The molecule has 1 N–H and O–H groups in total. The van der Waals surface area contributed by atoms with Crippen molar-refractivity contribution in [2.24, 2.45) is 5.10 Å². The van der Waals surface area contributed by atoms with Crippen molar-refractivity contribution in [3.05, 3.63) is 95.8 Å². The molecule has 0 aliphatic carbocycles. The monoisotopic (exact) mass is 412 g/mol. The van der Waals surface area contributed by atoms with E-state index in [1.807, 2.05) is 18.2 Å². The van der Waals surface area contributed by atoms with E-state index < -0.39 is 15.8 Å². The molecule has 0 fully saturated rings. The van der Waals surface area contributed by atoms with Crippen LogP contribution in [-0.4, -0.2) is 21.2 Å². The highest BCUT2D eigenvalue weighted by Crippen LogP contribution is 2.13. The Hall–Kier alpha value is -3.19. The first-order chi connectivity index (χ1) is 14.0. The standard InChI is InChI=1S/C22H21FN2O3S/c23-20-10-14-22(15-11-20)29(26,27)25-24-17-19-8-12-21(13-9-19)28-16-4-7-18-5-2-1-3-6-18/h1-3,5-6,8-15,17,25H,4,7,16H2/b24-17+. The molecule has 0 unspecified atom stereocenters. The maximum absolute atomic E-state index is 12.9. The van der Waals surface area contributed by atoms with Crippen LogP contribution in [0.1, 0.15) is 17.5 Å². The summed E-state index contributed by atoms with van der Waals surface area (Å²) < 4.78 is 42.8. The Kier molecular flexibility index (Phi) is 6.97. The van der Waals surface area contributed by atoms with E-state index in [-0.39, 0.29) is 4.90 Å². The van der Waals surface area contributed by atoms with Gasteiger partial charge in [-0.2, -0.15) is 13.5 Å². The van der Waals surface area contributed by atoms with Crippen LogP contribution in [0.5, 0.6) is 5.75 Å². The van der Waals surface area contributed by atoms with Crippen LogP contribution in [-0.2, 0) is 16.4 Å². The molecule has 0 aliphatic heterocycles. The minimum atomic E-state index is -3.83. The van der Waals surface area contributed by atoms with Crippen LogP contribution in [0.15, 0.2) is 88.9 Å². The van der Waals surface area contributed by atoms with Gasteiger partial charge in [-0.05, 0) is 72.5 Å². The molecule has 0 spiro atoms. The summed E-state index contributed by atoms with van der Waals surface area (Å²) in [6.45, 7) is 0.611. The minimum Gasteiger partial charge on any atom is -0.494 e. The van der Waals surface area contributed by atoms with Crippen molar-refractivity contribution in [1.82, 2.24) is 4.83 Å². The second-order valence-corrected chi connectivity index (χ2v) is 7.97. The number of benzene rings is 3. The van der Waals surface area contributed by atoms with Gasteiger partial charge in [0.05, 0.1) is 17.7 Å². The van der Waals surface area contributed by atoms with Gasteiger partial charge in [0.1, 0.15) is 11.6 Å². The van der Waals surface area contributed by atoms with Crippen LogP contribution >= 0.6 is 0 Å². The fraction of sp³-hybridized carbons (Fsp3) is 0.136. The Morgan fingerprint density at radius 2 is 1.62 bits per heavy atom. The van der Waals surface area contributed by atoms with E-state index in [2.05, 4.69) is 22.1 Å². The lowest BCUT2D eigenvalue weighted by atomic mass is 10.1.